The molecule has 0 aliphatic heterocycles. The van der Waals surface area contributed by atoms with E-state index in [2.05, 4.69) is 407 Å². The number of hydrogen-bond acceptors (Lipinski definition) is 6. The Labute approximate surface area is 780 Å². The van der Waals surface area contributed by atoms with Gasteiger partial charge in [-0.25, -0.2) is 9.97 Å². The van der Waals surface area contributed by atoms with E-state index in [0.717, 1.165) is 176 Å². The van der Waals surface area contributed by atoms with E-state index < -0.39 is 0 Å². The molecule has 0 aliphatic carbocycles. The van der Waals surface area contributed by atoms with Crippen LogP contribution in [0.2, 0.25) is 0 Å². The normalized spacial score (nSPS) is 12.0. The van der Waals surface area contributed by atoms with Gasteiger partial charge in [-0.2, -0.15) is 19.9 Å². The summed E-state index contributed by atoms with van der Waals surface area (Å²) in [5, 5.41) is 21.4. The number of rotatable bonds is 14. The molecule has 0 unspecified atom stereocenters. The quantitative estimate of drug-likeness (QED) is 0.0795. The summed E-state index contributed by atoms with van der Waals surface area (Å²) in [7, 11) is 0. The Morgan fingerprint density at radius 2 is 0.375 bits per heavy atom. The minimum Gasteiger partial charge on any atom is -0.309 e. The van der Waals surface area contributed by atoms with Crippen molar-refractivity contribution in [3.63, 3.8) is 0 Å². The highest BCUT2D eigenvalue weighted by atomic mass is 15.2. The lowest BCUT2D eigenvalue weighted by Crippen LogP contribution is -2.06. The van der Waals surface area contributed by atoms with E-state index in [1.807, 2.05) is 72.8 Å². The van der Waals surface area contributed by atoms with Crippen molar-refractivity contribution in [1.82, 2.24) is 48.2 Å². The molecule has 0 N–H and O–H groups in total. The molecule has 0 saturated heterocycles. The average molecular weight is 1730 g/mol. The van der Waals surface area contributed by atoms with Gasteiger partial charge in [-0.1, -0.05) is 376 Å². The molecule has 10 nitrogen and oxygen atoms in total. The molecule has 0 atom stereocenters. The van der Waals surface area contributed by atoms with Gasteiger partial charge in [0.25, 0.3) is 0 Å². The maximum atomic E-state index is 5.35. The van der Waals surface area contributed by atoms with Crippen LogP contribution in [0.5, 0.6) is 0 Å². The highest BCUT2D eigenvalue weighted by molar-refractivity contribution is 6.44. The van der Waals surface area contributed by atoms with Crippen LogP contribution >= 0.6 is 0 Å². The molecular weight excluding hydrogens is 1650 g/mol. The Morgan fingerprint density at radius 3 is 0.728 bits per heavy atom. The van der Waals surface area contributed by atoms with Crippen LogP contribution < -0.4 is 0 Å². The van der Waals surface area contributed by atoms with E-state index in [0.29, 0.717) is 35.2 Å². The molecule has 0 fully saturated rings. The molecule has 0 amide bonds. The molecule has 0 saturated carbocycles. The maximum absolute atomic E-state index is 5.35. The summed E-state index contributed by atoms with van der Waals surface area (Å²) >= 11 is 0. The van der Waals surface area contributed by atoms with E-state index in [9.17, 15) is 0 Å². The fourth-order valence-corrected chi connectivity index (χ4v) is 22.0. The van der Waals surface area contributed by atoms with Crippen molar-refractivity contribution < 1.29 is 0 Å². The lowest BCUT2D eigenvalue weighted by Gasteiger charge is -2.27. The first-order chi connectivity index (χ1) is 67.5. The second kappa shape index (κ2) is 30.6. The predicted molar refractivity (Wildman–Crippen MR) is 564 cm³/mol. The third-order valence-corrected chi connectivity index (χ3v) is 28.0. The zero-order valence-corrected chi connectivity index (χ0v) is 73.4. The van der Waals surface area contributed by atoms with Gasteiger partial charge in [0.2, 0.25) is 11.9 Å². The lowest BCUT2D eigenvalue weighted by molar-refractivity contribution is 0.953. The van der Waals surface area contributed by atoms with Gasteiger partial charge in [-0.05, 0) is 206 Å². The Morgan fingerprint density at radius 1 is 0.125 bits per heavy atom. The average Bonchev–Trinajstić information content (AvgIpc) is 0.898. The molecule has 0 spiro atoms. The standard InChI is InChI=1S/C126H76N10/c1-9-33-79(34-10-1)115-113(81-63-59-77(60-64-81)87-67-69-107-99(71-87)103-73-101-93-51-27-29-57-105(93)135(111(101)75-109(103)133(107)89-45-21-7-22-46-89)125-129-121(83-37-13-3-14-38-83)127-122(130-125)84-39-15-4-16-40-84)114(116(80-35-11-2-12-36-80)120-98-56-32-54-96-92-50-26-25-49-91(92)95-53-31-55-97(119(115)120)117(95)118(96)98)82-65-61-78(62-66-82)88-68-70-108-100(72-88)104-74-102-94-52-28-30-58-106(94)136(112(102)76-110(104)134(108)90-47-23-8-24-48-90)126-131-123(85-41-17-5-18-42-85)128-124(132-126)86-43-19-6-20-44-86/h1-76H. The molecule has 28 rings (SSSR count). The molecule has 6 aromatic heterocycles. The van der Waals surface area contributed by atoms with E-state index >= 15 is 0 Å². The van der Waals surface area contributed by atoms with Crippen molar-refractivity contribution in [2.24, 2.45) is 0 Å². The summed E-state index contributed by atoms with van der Waals surface area (Å²) in [5.41, 5.74) is 27.6. The van der Waals surface area contributed by atoms with Crippen molar-refractivity contribution in [1.29, 1.82) is 0 Å². The lowest BCUT2D eigenvalue weighted by atomic mass is 9.75. The molecule has 0 aliphatic rings. The summed E-state index contributed by atoms with van der Waals surface area (Å²) in [4.78, 5) is 31.7. The van der Waals surface area contributed by atoms with Crippen molar-refractivity contribution in [3.8, 4) is 136 Å². The SMILES string of the molecule is c1ccc(-c2nc(-c3ccccc3)nc(-n3c4ccccc4c4cc5c6cc(-c7ccc(-c8c(-c9ccc(-c%10ccc%11c(c%10)c%10cc%12c%13ccccc%13n(-c%13nc(-c%14ccccc%14)nc(-c%14ccccc%14)n%13)c%12cc%10n%11-c%10ccccc%10)cc9)c(-c9ccccc9)c9c%10cccc%11c%12ccccc%12c%12cccc(c9c8-c8ccccc8)c%12c%11%10)cc7)ccc6n(-c6ccccc6)c5cc43)n2)cc1. The minimum atomic E-state index is 0.544. The van der Waals surface area contributed by atoms with Gasteiger partial charge < -0.3 is 9.13 Å². The van der Waals surface area contributed by atoms with Crippen LogP contribution in [0.25, 0.3) is 277 Å². The van der Waals surface area contributed by atoms with Crippen LogP contribution in [-0.4, -0.2) is 48.2 Å². The van der Waals surface area contributed by atoms with Gasteiger partial charge in [-0.15, -0.1) is 0 Å². The topological polar surface area (TPSA) is 97.1 Å². The molecule has 6 heterocycles. The van der Waals surface area contributed by atoms with Crippen LogP contribution in [-0.2, 0) is 0 Å². The van der Waals surface area contributed by atoms with E-state index in [4.69, 9.17) is 29.9 Å². The fourth-order valence-electron chi connectivity index (χ4n) is 22.0. The van der Waals surface area contributed by atoms with Gasteiger partial charge in [0.1, 0.15) is 0 Å². The summed E-state index contributed by atoms with van der Waals surface area (Å²) in [6.45, 7) is 0. The Hall–Kier alpha value is -18.4. The summed E-state index contributed by atoms with van der Waals surface area (Å²) < 4.78 is 9.30. The molecule has 0 bridgehead atoms. The number of aromatic nitrogens is 10. The van der Waals surface area contributed by atoms with Gasteiger partial charge in [-0.3, -0.25) is 9.13 Å². The van der Waals surface area contributed by atoms with Gasteiger partial charge in [0.05, 0.1) is 44.1 Å². The van der Waals surface area contributed by atoms with Crippen molar-refractivity contribution >= 4 is 141 Å². The molecule has 10 heteroatoms. The van der Waals surface area contributed by atoms with Crippen LogP contribution in [0, 0.1) is 0 Å². The molecule has 630 valence electrons. The molecule has 0 radical (unpaired) electrons. The minimum absolute atomic E-state index is 0.544. The first kappa shape index (κ1) is 76.5. The number of nitrogens with zero attached hydrogens (tertiary/aromatic N) is 10. The highest BCUT2D eigenvalue weighted by Crippen LogP contribution is 2.58. The van der Waals surface area contributed by atoms with Crippen molar-refractivity contribution in [2.75, 3.05) is 0 Å². The van der Waals surface area contributed by atoms with Crippen LogP contribution in [0.4, 0.5) is 0 Å². The highest BCUT2D eigenvalue weighted by Gasteiger charge is 2.32. The summed E-state index contributed by atoms with van der Waals surface area (Å²) in [5.74, 6) is 3.50. The summed E-state index contributed by atoms with van der Waals surface area (Å²) in [6, 6.07) is 168. The fraction of sp³-hybridized carbons (Fsp3) is 0. The van der Waals surface area contributed by atoms with Gasteiger partial charge in [0, 0.05) is 76.7 Å². The Bertz CT molecular complexity index is 9050. The second-order valence-electron chi connectivity index (χ2n) is 35.5. The Kier molecular flexibility index (Phi) is 17.2. The largest absolute Gasteiger partial charge is 0.309 e. The monoisotopic (exact) mass is 1730 g/mol. The number of para-hydroxylation sites is 4. The zero-order valence-electron chi connectivity index (χ0n) is 73.4. The van der Waals surface area contributed by atoms with Crippen LogP contribution in [0.3, 0.4) is 0 Å². The maximum Gasteiger partial charge on any atom is 0.238 e. The number of fused-ring (bicyclic) bond motifs is 18. The van der Waals surface area contributed by atoms with Gasteiger partial charge >= 0.3 is 0 Å². The number of hydrogen-bond donors (Lipinski definition) is 0. The molecule has 136 heavy (non-hydrogen) atoms. The zero-order chi connectivity index (χ0) is 89.2. The van der Waals surface area contributed by atoms with E-state index in [-0.39, 0.29) is 0 Å². The van der Waals surface area contributed by atoms with Crippen molar-refractivity contribution in [2.45, 2.75) is 0 Å². The van der Waals surface area contributed by atoms with Crippen LogP contribution in [0.15, 0.2) is 461 Å². The predicted octanol–water partition coefficient (Wildman–Crippen LogP) is 32.3. The first-order valence-corrected chi connectivity index (χ1v) is 46.3. The first-order valence-electron chi connectivity index (χ1n) is 46.3. The molecule has 28 aromatic rings. The van der Waals surface area contributed by atoms with E-state index in [1.54, 1.807) is 0 Å². The molecule has 22 aromatic carbocycles. The third kappa shape index (κ3) is 11.9. The summed E-state index contributed by atoms with van der Waals surface area (Å²) in [6.07, 6.45) is 0. The Balaban J connectivity index is 0.649. The smallest absolute Gasteiger partial charge is 0.238 e. The van der Waals surface area contributed by atoms with Gasteiger partial charge in [0.15, 0.2) is 23.3 Å². The van der Waals surface area contributed by atoms with E-state index in [1.165, 1.54) is 65.0 Å². The second-order valence-corrected chi connectivity index (χ2v) is 35.5. The van der Waals surface area contributed by atoms with Crippen molar-refractivity contribution in [3.05, 3.63) is 461 Å². The van der Waals surface area contributed by atoms with Crippen LogP contribution in [0.1, 0.15) is 0 Å². The number of benzene rings is 22. The molecular formula is C126H76N10. The third-order valence-electron chi connectivity index (χ3n) is 28.0.